The number of rotatable bonds is 6. The number of hydrogen-bond donors (Lipinski definition) is 1. The second kappa shape index (κ2) is 5.87. The van der Waals surface area contributed by atoms with E-state index in [4.69, 9.17) is 11.6 Å². The van der Waals surface area contributed by atoms with Crippen molar-refractivity contribution in [1.29, 1.82) is 0 Å². The lowest BCUT2D eigenvalue weighted by Crippen LogP contribution is -2.37. The third-order valence-electron chi connectivity index (χ3n) is 2.86. The molecule has 0 aromatic heterocycles. The van der Waals surface area contributed by atoms with Crippen LogP contribution in [0.2, 0.25) is 0 Å². The van der Waals surface area contributed by atoms with Crippen LogP contribution in [0.15, 0.2) is 0 Å². The highest BCUT2D eigenvalue weighted by molar-refractivity contribution is 6.18. The molecular formula is C11H22ClN. The van der Waals surface area contributed by atoms with Gasteiger partial charge in [-0.3, -0.25) is 0 Å². The van der Waals surface area contributed by atoms with Crippen LogP contribution < -0.4 is 5.32 Å². The summed E-state index contributed by atoms with van der Waals surface area (Å²) < 4.78 is 0. The van der Waals surface area contributed by atoms with Crippen molar-refractivity contribution in [2.45, 2.75) is 45.6 Å². The molecule has 0 spiro atoms. The van der Waals surface area contributed by atoms with Crippen LogP contribution in [-0.2, 0) is 0 Å². The summed E-state index contributed by atoms with van der Waals surface area (Å²) in [5.41, 5.74) is 0. The van der Waals surface area contributed by atoms with E-state index in [0.29, 0.717) is 6.04 Å². The molecule has 1 fully saturated rings. The standard InChI is InChI=1S/C11H22ClN/c1-9(2)6-11(7-12)13-8-10-4-3-5-10/h9-11,13H,3-8H2,1-2H3. The van der Waals surface area contributed by atoms with Gasteiger partial charge in [0.05, 0.1) is 0 Å². The van der Waals surface area contributed by atoms with Gasteiger partial charge >= 0.3 is 0 Å². The Morgan fingerprint density at radius 1 is 1.38 bits per heavy atom. The molecule has 1 saturated carbocycles. The Labute approximate surface area is 87.2 Å². The first-order valence-electron chi connectivity index (χ1n) is 5.51. The molecule has 1 rings (SSSR count). The second-order valence-corrected chi connectivity index (χ2v) is 4.99. The first-order valence-corrected chi connectivity index (χ1v) is 6.05. The molecular weight excluding hydrogens is 182 g/mol. The van der Waals surface area contributed by atoms with Crippen molar-refractivity contribution in [3.8, 4) is 0 Å². The molecule has 1 N–H and O–H groups in total. The van der Waals surface area contributed by atoms with Gasteiger partial charge in [-0.25, -0.2) is 0 Å². The zero-order chi connectivity index (χ0) is 9.68. The lowest BCUT2D eigenvalue weighted by atomic mass is 9.85. The highest BCUT2D eigenvalue weighted by atomic mass is 35.5. The first kappa shape index (κ1) is 11.3. The molecule has 78 valence electrons. The topological polar surface area (TPSA) is 12.0 Å². The third-order valence-corrected chi connectivity index (χ3v) is 3.23. The molecule has 2 heteroatoms. The Morgan fingerprint density at radius 3 is 2.46 bits per heavy atom. The summed E-state index contributed by atoms with van der Waals surface area (Å²) in [6.07, 6.45) is 5.48. The summed E-state index contributed by atoms with van der Waals surface area (Å²) in [6.45, 7) is 5.69. The van der Waals surface area contributed by atoms with Gasteiger partial charge in [-0.2, -0.15) is 0 Å². The van der Waals surface area contributed by atoms with Gasteiger partial charge in [0.1, 0.15) is 0 Å². The van der Waals surface area contributed by atoms with Gasteiger partial charge in [0.2, 0.25) is 0 Å². The molecule has 1 aliphatic carbocycles. The minimum absolute atomic E-state index is 0.530. The summed E-state index contributed by atoms with van der Waals surface area (Å²) in [7, 11) is 0. The predicted octanol–water partition coefficient (Wildman–Crippen LogP) is 3.03. The Balaban J connectivity index is 2.07. The van der Waals surface area contributed by atoms with Gasteiger partial charge in [0, 0.05) is 11.9 Å². The highest BCUT2D eigenvalue weighted by Gasteiger charge is 2.18. The quantitative estimate of drug-likeness (QED) is 0.655. The van der Waals surface area contributed by atoms with E-state index in [9.17, 15) is 0 Å². The Kier molecular flexibility index (Phi) is 5.12. The van der Waals surface area contributed by atoms with E-state index in [2.05, 4.69) is 19.2 Å². The summed E-state index contributed by atoms with van der Waals surface area (Å²) in [6, 6.07) is 0.530. The summed E-state index contributed by atoms with van der Waals surface area (Å²) in [5.74, 6) is 2.45. The zero-order valence-corrected chi connectivity index (χ0v) is 9.61. The van der Waals surface area contributed by atoms with Crippen molar-refractivity contribution in [1.82, 2.24) is 5.32 Å². The van der Waals surface area contributed by atoms with Gasteiger partial charge < -0.3 is 5.32 Å². The van der Waals surface area contributed by atoms with Crippen LogP contribution in [0.25, 0.3) is 0 Å². The highest BCUT2D eigenvalue weighted by Crippen LogP contribution is 2.25. The number of alkyl halides is 1. The van der Waals surface area contributed by atoms with Crippen molar-refractivity contribution < 1.29 is 0 Å². The van der Waals surface area contributed by atoms with E-state index >= 15 is 0 Å². The normalized spacial score (nSPS) is 20.3. The third kappa shape index (κ3) is 4.33. The van der Waals surface area contributed by atoms with E-state index in [0.717, 1.165) is 17.7 Å². The molecule has 0 heterocycles. The average Bonchev–Trinajstić information content (AvgIpc) is 1.99. The van der Waals surface area contributed by atoms with Crippen LogP contribution in [0.3, 0.4) is 0 Å². The van der Waals surface area contributed by atoms with E-state index in [1.54, 1.807) is 0 Å². The van der Waals surface area contributed by atoms with Crippen LogP contribution in [0.1, 0.15) is 39.5 Å². The van der Waals surface area contributed by atoms with E-state index < -0.39 is 0 Å². The maximum atomic E-state index is 5.89. The van der Waals surface area contributed by atoms with Crippen molar-refractivity contribution >= 4 is 11.6 Å². The van der Waals surface area contributed by atoms with Crippen molar-refractivity contribution in [3.05, 3.63) is 0 Å². The molecule has 0 saturated heterocycles. The van der Waals surface area contributed by atoms with E-state index in [1.807, 2.05) is 0 Å². The fourth-order valence-electron chi connectivity index (χ4n) is 1.80. The lowest BCUT2D eigenvalue weighted by Gasteiger charge is -2.28. The smallest absolute Gasteiger partial charge is 0.0377 e. The molecule has 0 aliphatic heterocycles. The molecule has 0 amide bonds. The Morgan fingerprint density at radius 2 is 2.08 bits per heavy atom. The minimum atomic E-state index is 0.530. The molecule has 1 nitrogen and oxygen atoms in total. The Bertz CT molecular complexity index is 132. The van der Waals surface area contributed by atoms with Crippen molar-refractivity contribution in [2.24, 2.45) is 11.8 Å². The molecule has 13 heavy (non-hydrogen) atoms. The number of nitrogens with one attached hydrogen (secondary N) is 1. The first-order chi connectivity index (χ1) is 6.22. The maximum Gasteiger partial charge on any atom is 0.0377 e. The largest absolute Gasteiger partial charge is 0.313 e. The molecule has 1 aliphatic rings. The Hall–Kier alpha value is 0.250. The average molecular weight is 204 g/mol. The molecule has 0 aromatic carbocycles. The van der Waals surface area contributed by atoms with E-state index in [1.165, 1.54) is 32.2 Å². The van der Waals surface area contributed by atoms with Crippen LogP contribution in [0, 0.1) is 11.8 Å². The van der Waals surface area contributed by atoms with Gasteiger partial charge in [0.25, 0.3) is 0 Å². The van der Waals surface area contributed by atoms with Crippen molar-refractivity contribution in [3.63, 3.8) is 0 Å². The SMILES string of the molecule is CC(C)CC(CCl)NCC1CCC1. The number of halogens is 1. The van der Waals surface area contributed by atoms with Crippen molar-refractivity contribution in [2.75, 3.05) is 12.4 Å². The molecule has 1 unspecified atom stereocenters. The van der Waals surface area contributed by atoms with E-state index in [-0.39, 0.29) is 0 Å². The van der Waals surface area contributed by atoms with Gasteiger partial charge in [0.15, 0.2) is 0 Å². The molecule has 1 atom stereocenters. The van der Waals surface area contributed by atoms with Gasteiger partial charge in [-0.15, -0.1) is 11.6 Å². The summed E-state index contributed by atoms with van der Waals surface area (Å²) in [4.78, 5) is 0. The monoisotopic (exact) mass is 203 g/mol. The number of hydrogen-bond acceptors (Lipinski definition) is 1. The van der Waals surface area contributed by atoms with Crippen LogP contribution >= 0.6 is 11.6 Å². The van der Waals surface area contributed by atoms with Crippen LogP contribution in [0.4, 0.5) is 0 Å². The summed E-state index contributed by atoms with van der Waals surface area (Å²) >= 11 is 5.89. The zero-order valence-electron chi connectivity index (χ0n) is 8.85. The predicted molar refractivity (Wildman–Crippen MR) is 59.3 cm³/mol. The summed E-state index contributed by atoms with van der Waals surface area (Å²) in [5, 5.41) is 3.57. The fourth-order valence-corrected chi connectivity index (χ4v) is 2.04. The van der Waals surface area contributed by atoms with Crippen LogP contribution in [-0.4, -0.2) is 18.5 Å². The minimum Gasteiger partial charge on any atom is -0.313 e. The fraction of sp³-hybridized carbons (Fsp3) is 1.00. The second-order valence-electron chi connectivity index (χ2n) is 4.69. The molecule has 0 radical (unpaired) electrons. The molecule has 0 bridgehead atoms. The van der Waals surface area contributed by atoms with Crippen LogP contribution in [0.5, 0.6) is 0 Å². The van der Waals surface area contributed by atoms with Gasteiger partial charge in [-0.1, -0.05) is 20.3 Å². The van der Waals surface area contributed by atoms with Gasteiger partial charge in [-0.05, 0) is 37.6 Å². The molecule has 0 aromatic rings. The lowest BCUT2D eigenvalue weighted by molar-refractivity contribution is 0.285. The maximum absolute atomic E-state index is 5.89.